The maximum atomic E-state index is 12.8. The number of nitrogens with two attached hydrogens (primary N) is 1. The van der Waals surface area contributed by atoms with Crippen LogP contribution in [-0.2, 0) is 14.3 Å². The summed E-state index contributed by atoms with van der Waals surface area (Å²) in [5.41, 5.74) is 5.45. The summed E-state index contributed by atoms with van der Waals surface area (Å²) in [5.74, 6) is 0.373. The fourth-order valence-electron chi connectivity index (χ4n) is 3.30. The molecule has 0 bridgehead atoms. The summed E-state index contributed by atoms with van der Waals surface area (Å²) in [7, 11) is 3.57. The fraction of sp³-hybridized carbons (Fsp3) is 0.867. The first-order valence-corrected chi connectivity index (χ1v) is 7.78. The van der Waals surface area contributed by atoms with Crippen LogP contribution < -0.4 is 5.73 Å². The molecule has 0 radical (unpaired) electrons. The van der Waals surface area contributed by atoms with Crippen molar-refractivity contribution < 1.29 is 14.3 Å². The van der Waals surface area contributed by atoms with Gasteiger partial charge in [-0.05, 0) is 25.7 Å². The molecule has 0 spiro atoms. The molecule has 2 N–H and O–H groups in total. The highest BCUT2D eigenvalue weighted by Gasteiger charge is 2.42. The van der Waals surface area contributed by atoms with E-state index in [0.717, 1.165) is 12.8 Å². The average molecular weight is 297 g/mol. The summed E-state index contributed by atoms with van der Waals surface area (Å²) in [5, 5.41) is 0. The summed E-state index contributed by atoms with van der Waals surface area (Å²) in [6.45, 7) is 2.92. The Morgan fingerprint density at radius 3 is 2.29 bits per heavy atom. The van der Waals surface area contributed by atoms with E-state index in [1.807, 2.05) is 4.90 Å². The van der Waals surface area contributed by atoms with Crippen LogP contribution in [0.4, 0.5) is 0 Å². The highest BCUT2D eigenvalue weighted by atomic mass is 16.5. The molecule has 6 heteroatoms. The Kier molecular flexibility index (Phi) is 5.22. The van der Waals surface area contributed by atoms with Crippen molar-refractivity contribution in [2.45, 2.75) is 25.7 Å². The first-order chi connectivity index (χ1) is 10.00. The molecule has 2 heterocycles. The topological polar surface area (TPSA) is 75.9 Å². The molecule has 0 aromatic rings. The van der Waals surface area contributed by atoms with Gasteiger partial charge in [-0.3, -0.25) is 9.59 Å². The molecule has 0 saturated carbocycles. The number of carbonyl (C=O) groups is 2. The maximum Gasteiger partial charge on any atom is 0.230 e. The average Bonchev–Trinajstić information content (AvgIpc) is 2.54. The lowest BCUT2D eigenvalue weighted by molar-refractivity contribution is -0.150. The van der Waals surface area contributed by atoms with Gasteiger partial charge < -0.3 is 20.3 Å². The van der Waals surface area contributed by atoms with Gasteiger partial charge in [0.15, 0.2) is 0 Å². The second-order valence-corrected chi connectivity index (χ2v) is 6.40. The molecule has 2 saturated heterocycles. The van der Waals surface area contributed by atoms with Crippen molar-refractivity contribution in [1.82, 2.24) is 9.80 Å². The molecule has 2 fully saturated rings. The highest BCUT2D eigenvalue weighted by molar-refractivity contribution is 5.84. The lowest BCUT2D eigenvalue weighted by Gasteiger charge is -2.41. The first kappa shape index (κ1) is 16.2. The summed E-state index contributed by atoms with van der Waals surface area (Å²) < 4.78 is 5.36. The minimum absolute atomic E-state index is 0.0487. The van der Waals surface area contributed by atoms with Gasteiger partial charge in [0.1, 0.15) is 0 Å². The summed E-state index contributed by atoms with van der Waals surface area (Å²) in [6.07, 6.45) is 2.91. The standard InChI is InChI=1S/C15H27N3O3/c1-17(2)13(19)12-3-7-18(8-4-12)14(20)15(11-16)5-9-21-10-6-15/h12H,3-11,16H2,1-2H3. The van der Waals surface area contributed by atoms with E-state index in [1.54, 1.807) is 19.0 Å². The molecule has 2 aliphatic rings. The van der Waals surface area contributed by atoms with E-state index in [4.69, 9.17) is 10.5 Å². The Balaban J connectivity index is 1.95. The van der Waals surface area contributed by atoms with E-state index in [0.29, 0.717) is 45.7 Å². The molecule has 0 atom stereocenters. The smallest absolute Gasteiger partial charge is 0.230 e. The zero-order valence-corrected chi connectivity index (χ0v) is 13.1. The van der Waals surface area contributed by atoms with Gasteiger partial charge in [-0.25, -0.2) is 0 Å². The molecular weight excluding hydrogens is 270 g/mol. The van der Waals surface area contributed by atoms with Crippen molar-refractivity contribution in [3.63, 3.8) is 0 Å². The maximum absolute atomic E-state index is 12.8. The third-order valence-corrected chi connectivity index (χ3v) is 4.87. The van der Waals surface area contributed by atoms with Gasteiger partial charge in [-0.15, -0.1) is 0 Å². The number of ether oxygens (including phenoxy) is 1. The Morgan fingerprint density at radius 2 is 1.81 bits per heavy atom. The third-order valence-electron chi connectivity index (χ3n) is 4.87. The van der Waals surface area contributed by atoms with Crippen LogP contribution in [0, 0.1) is 11.3 Å². The largest absolute Gasteiger partial charge is 0.381 e. The van der Waals surface area contributed by atoms with Crippen LogP contribution in [0.15, 0.2) is 0 Å². The number of rotatable bonds is 3. The first-order valence-electron chi connectivity index (χ1n) is 7.78. The predicted molar refractivity (Wildman–Crippen MR) is 79.5 cm³/mol. The number of hydrogen-bond acceptors (Lipinski definition) is 4. The fourth-order valence-corrected chi connectivity index (χ4v) is 3.30. The molecular formula is C15H27N3O3. The number of carbonyl (C=O) groups excluding carboxylic acids is 2. The van der Waals surface area contributed by atoms with Crippen molar-refractivity contribution in [3.05, 3.63) is 0 Å². The van der Waals surface area contributed by atoms with E-state index >= 15 is 0 Å². The van der Waals surface area contributed by atoms with Gasteiger partial charge in [0.2, 0.25) is 11.8 Å². The van der Waals surface area contributed by atoms with Gasteiger partial charge >= 0.3 is 0 Å². The number of amides is 2. The van der Waals surface area contributed by atoms with Gasteiger partial charge in [-0.2, -0.15) is 0 Å². The molecule has 21 heavy (non-hydrogen) atoms. The summed E-state index contributed by atoms with van der Waals surface area (Å²) in [4.78, 5) is 28.3. The zero-order valence-electron chi connectivity index (χ0n) is 13.1. The third kappa shape index (κ3) is 3.37. The highest BCUT2D eigenvalue weighted by Crippen LogP contribution is 2.33. The Morgan fingerprint density at radius 1 is 1.24 bits per heavy atom. The summed E-state index contributed by atoms with van der Waals surface area (Å²) in [6, 6.07) is 0. The number of likely N-dealkylation sites (tertiary alicyclic amines) is 1. The molecule has 0 aromatic carbocycles. The lowest BCUT2D eigenvalue weighted by atomic mass is 9.78. The van der Waals surface area contributed by atoms with Crippen LogP contribution in [0.2, 0.25) is 0 Å². The van der Waals surface area contributed by atoms with Crippen molar-refractivity contribution in [2.24, 2.45) is 17.1 Å². The van der Waals surface area contributed by atoms with Crippen LogP contribution in [0.1, 0.15) is 25.7 Å². The SMILES string of the molecule is CN(C)C(=O)C1CCN(C(=O)C2(CN)CCOCC2)CC1. The molecule has 2 aliphatic heterocycles. The van der Waals surface area contributed by atoms with Crippen molar-refractivity contribution >= 4 is 11.8 Å². The number of hydrogen-bond donors (Lipinski definition) is 1. The van der Waals surface area contributed by atoms with Gasteiger partial charge in [0.05, 0.1) is 5.41 Å². The second-order valence-electron chi connectivity index (χ2n) is 6.40. The molecule has 6 nitrogen and oxygen atoms in total. The van der Waals surface area contributed by atoms with Gasteiger partial charge in [0, 0.05) is 52.9 Å². The number of nitrogens with zero attached hydrogens (tertiary/aromatic N) is 2. The van der Waals surface area contributed by atoms with Crippen molar-refractivity contribution in [1.29, 1.82) is 0 Å². The van der Waals surface area contributed by atoms with Crippen LogP contribution in [-0.4, -0.2) is 68.6 Å². The molecule has 0 aliphatic carbocycles. The quantitative estimate of drug-likeness (QED) is 0.800. The van der Waals surface area contributed by atoms with Crippen molar-refractivity contribution in [3.8, 4) is 0 Å². The molecule has 2 amide bonds. The molecule has 0 aromatic heterocycles. The van der Waals surface area contributed by atoms with E-state index in [-0.39, 0.29) is 17.7 Å². The minimum Gasteiger partial charge on any atom is -0.381 e. The van der Waals surface area contributed by atoms with Gasteiger partial charge in [0.25, 0.3) is 0 Å². The minimum atomic E-state index is -0.448. The van der Waals surface area contributed by atoms with Crippen LogP contribution in [0.3, 0.4) is 0 Å². The van der Waals surface area contributed by atoms with Crippen LogP contribution >= 0.6 is 0 Å². The van der Waals surface area contributed by atoms with Crippen molar-refractivity contribution in [2.75, 3.05) is 46.9 Å². The van der Waals surface area contributed by atoms with Gasteiger partial charge in [-0.1, -0.05) is 0 Å². The monoisotopic (exact) mass is 297 g/mol. The molecule has 2 rings (SSSR count). The van der Waals surface area contributed by atoms with Crippen LogP contribution in [0.25, 0.3) is 0 Å². The Labute approximate surface area is 126 Å². The zero-order chi connectivity index (χ0) is 15.5. The molecule has 0 unspecified atom stereocenters. The number of piperidine rings is 1. The second kappa shape index (κ2) is 6.75. The lowest BCUT2D eigenvalue weighted by Crippen LogP contribution is -2.53. The van der Waals surface area contributed by atoms with E-state index in [2.05, 4.69) is 0 Å². The van der Waals surface area contributed by atoms with E-state index in [9.17, 15) is 9.59 Å². The summed E-state index contributed by atoms with van der Waals surface area (Å²) >= 11 is 0. The van der Waals surface area contributed by atoms with E-state index < -0.39 is 5.41 Å². The Bertz CT molecular complexity index is 384. The predicted octanol–water partition coefficient (Wildman–Crippen LogP) is 0.0687. The molecule has 120 valence electrons. The normalized spacial score (nSPS) is 22.9. The van der Waals surface area contributed by atoms with Crippen LogP contribution in [0.5, 0.6) is 0 Å². The Hall–Kier alpha value is -1.14. The van der Waals surface area contributed by atoms with E-state index in [1.165, 1.54) is 0 Å².